The van der Waals surface area contributed by atoms with Crippen molar-refractivity contribution in [3.8, 4) is 5.75 Å². The van der Waals surface area contributed by atoms with Gasteiger partial charge in [0.15, 0.2) is 0 Å². The molecule has 1 atom stereocenters. The van der Waals surface area contributed by atoms with Crippen molar-refractivity contribution in [1.29, 1.82) is 0 Å². The summed E-state index contributed by atoms with van der Waals surface area (Å²) in [7, 11) is -0.634. The molecular weight excluding hydrogens is 283 g/mol. The lowest BCUT2D eigenvalue weighted by Crippen LogP contribution is -2.41. The lowest BCUT2D eigenvalue weighted by atomic mass is 9.66. The molecular formula is C16H23BO5. The monoisotopic (exact) mass is 306 g/mol. The zero-order valence-electron chi connectivity index (χ0n) is 13.7. The van der Waals surface area contributed by atoms with E-state index in [2.05, 4.69) is 0 Å². The molecule has 6 heteroatoms. The van der Waals surface area contributed by atoms with Crippen molar-refractivity contribution in [3.63, 3.8) is 0 Å². The van der Waals surface area contributed by atoms with Gasteiger partial charge in [-0.25, -0.2) is 0 Å². The Bertz CT molecular complexity index is 566. The average molecular weight is 306 g/mol. The Hall–Kier alpha value is -1.53. The first-order valence-electron chi connectivity index (χ1n) is 7.40. The number of hydrogen-bond donors (Lipinski definition) is 2. The lowest BCUT2D eigenvalue weighted by Gasteiger charge is -2.32. The molecule has 0 aliphatic carbocycles. The van der Waals surface area contributed by atoms with E-state index in [1.54, 1.807) is 25.1 Å². The van der Waals surface area contributed by atoms with Gasteiger partial charge in [0, 0.05) is 5.82 Å². The van der Waals surface area contributed by atoms with Crippen LogP contribution in [0, 0.1) is 6.92 Å². The molecule has 1 aliphatic heterocycles. The number of aromatic hydroxyl groups is 1. The van der Waals surface area contributed by atoms with E-state index < -0.39 is 30.1 Å². The molecule has 0 radical (unpaired) electrons. The molecule has 1 unspecified atom stereocenters. The number of aliphatic carboxylic acids is 1. The molecule has 0 saturated carbocycles. The summed E-state index contributed by atoms with van der Waals surface area (Å²) in [6.45, 7) is 9.53. The third kappa shape index (κ3) is 3.13. The maximum absolute atomic E-state index is 11.3. The van der Waals surface area contributed by atoms with Crippen molar-refractivity contribution >= 4 is 13.1 Å². The summed E-state index contributed by atoms with van der Waals surface area (Å²) in [6, 6.07) is 5.08. The first-order valence-corrected chi connectivity index (χ1v) is 7.40. The molecule has 1 aromatic rings. The van der Waals surface area contributed by atoms with Crippen LogP contribution in [0.2, 0.25) is 0 Å². The number of hydrogen-bond acceptors (Lipinski definition) is 4. The van der Waals surface area contributed by atoms with E-state index in [0.717, 1.165) is 5.56 Å². The highest BCUT2D eigenvalue weighted by Crippen LogP contribution is 2.42. The lowest BCUT2D eigenvalue weighted by molar-refractivity contribution is -0.137. The Labute approximate surface area is 131 Å². The number of phenolic OH excluding ortho intramolecular Hbond substituents is 1. The first-order chi connectivity index (χ1) is 10.0. The van der Waals surface area contributed by atoms with Gasteiger partial charge >= 0.3 is 13.1 Å². The van der Waals surface area contributed by atoms with Crippen LogP contribution in [0.5, 0.6) is 5.75 Å². The van der Waals surface area contributed by atoms with Gasteiger partial charge in [0.2, 0.25) is 0 Å². The molecule has 1 aliphatic rings. The molecule has 0 aromatic heterocycles. The van der Waals surface area contributed by atoms with E-state index in [0.29, 0.717) is 5.56 Å². The standard InChI is InChI=1S/C16H23BO5/c1-10-8-11(6-7-13(10)18)12(9-14(19)20)17-21-15(2,3)16(4,5)22-17/h6-8,12,18H,9H2,1-5H3,(H,19,20). The van der Waals surface area contributed by atoms with Crippen molar-refractivity contribution in [3.05, 3.63) is 29.3 Å². The molecule has 120 valence electrons. The SMILES string of the molecule is Cc1cc(C(CC(=O)O)B2OC(C)(C)C(C)(C)O2)ccc1O. The van der Waals surface area contributed by atoms with Crippen molar-refractivity contribution in [2.24, 2.45) is 0 Å². The quantitative estimate of drug-likeness (QED) is 0.837. The van der Waals surface area contributed by atoms with E-state index >= 15 is 0 Å². The van der Waals surface area contributed by atoms with Gasteiger partial charge in [-0.1, -0.05) is 12.1 Å². The van der Waals surface area contributed by atoms with Crippen molar-refractivity contribution < 1.29 is 24.3 Å². The van der Waals surface area contributed by atoms with Crippen LogP contribution in [0.1, 0.15) is 51.1 Å². The Kier molecular flexibility index (Phi) is 4.28. The molecule has 5 nitrogen and oxygen atoms in total. The molecule has 0 bridgehead atoms. The molecule has 0 spiro atoms. The molecule has 0 amide bonds. The molecule has 1 aromatic carbocycles. The maximum atomic E-state index is 11.3. The van der Waals surface area contributed by atoms with Crippen LogP contribution in [-0.2, 0) is 14.1 Å². The van der Waals surface area contributed by atoms with Gasteiger partial charge in [-0.05, 0) is 51.8 Å². The Morgan fingerprint density at radius 2 is 1.77 bits per heavy atom. The summed E-state index contributed by atoms with van der Waals surface area (Å²) in [5.41, 5.74) is 0.460. The van der Waals surface area contributed by atoms with Gasteiger partial charge in [0.1, 0.15) is 5.75 Å². The summed E-state index contributed by atoms with van der Waals surface area (Å²) in [4.78, 5) is 11.3. The van der Waals surface area contributed by atoms with Crippen LogP contribution in [0.3, 0.4) is 0 Å². The molecule has 1 fully saturated rings. The number of carbonyl (C=O) groups is 1. The third-order valence-corrected chi connectivity index (χ3v) is 4.64. The Balaban J connectivity index is 2.35. The predicted octanol–water partition coefficient (Wildman–Crippen LogP) is 2.89. The van der Waals surface area contributed by atoms with Crippen LogP contribution in [0.15, 0.2) is 18.2 Å². The molecule has 1 heterocycles. The van der Waals surface area contributed by atoms with Crippen LogP contribution in [0.25, 0.3) is 0 Å². The van der Waals surface area contributed by atoms with Crippen molar-refractivity contribution in [2.75, 3.05) is 0 Å². The highest BCUT2D eigenvalue weighted by molar-refractivity contribution is 6.48. The zero-order chi connectivity index (χ0) is 16.7. The second-order valence-electron chi connectivity index (χ2n) is 6.87. The highest BCUT2D eigenvalue weighted by atomic mass is 16.7. The molecule has 2 N–H and O–H groups in total. The maximum Gasteiger partial charge on any atom is 0.466 e. The zero-order valence-corrected chi connectivity index (χ0v) is 13.7. The average Bonchev–Trinajstić information content (AvgIpc) is 2.59. The minimum atomic E-state index is -0.912. The summed E-state index contributed by atoms with van der Waals surface area (Å²) in [5, 5.41) is 18.9. The number of rotatable bonds is 4. The fourth-order valence-electron chi connectivity index (χ4n) is 2.52. The van der Waals surface area contributed by atoms with E-state index in [9.17, 15) is 15.0 Å². The van der Waals surface area contributed by atoms with Crippen LogP contribution in [-0.4, -0.2) is 34.5 Å². The van der Waals surface area contributed by atoms with Gasteiger partial charge in [0.25, 0.3) is 0 Å². The van der Waals surface area contributed by atoms with Crippen LogP contribution >= 0.6 is 0 Å². The Morgan fingerprint density at radius 3 is 2.23 bits per heavy atom. The summed E-state index contributed by atoms with van der Waals surface area (Å²) in [6.07, 6.45) is -0.0962. The largest absolute Gasteiger partial charge is 0.508 e. The normalized spacial score (nSPS) is 20.9. The number of benzene rings is 1. The number of carboxylic acid groups (broad SMARTS) is 1. The van der Waals surface area contributed by atoms with Crippen LogP contribution < -0.4 is 0 Å². The predicted molar refractivity (Wildman–Crippen MR) is 83.9 cm³/mol. The van der Waals surface area contributed by atoms with Gasteiger partial charge in [-0.15, -0.1) is 0 Å². The van der Waals surface area contributed by atoms with Gasteiger partial charge in [-0.3, -0.25) is 4.79 Å². The van der Waals surface area contributed by atoms with E-state index in [1.165, 1.54) is 0 Å². The minimum Gasteiger partial charge on any atom is -0.508 e. The van der Waals surface area contributed by atoms with Gasteiger partial charge in [-0.2, -0.15) is 0 Å². The highest BCUT2D eigenvalue weighted by Gasteiger charge is 2.54. The first kappa shape index (κ1) is 16.8. The van der Waals surface area contributed by atoms with Gasteiger partial charge in [0.05, 0.1) is 17.6 Å². The molecule has 1 saturated heterocycles. The molecule has 22 heavy (non-hydrogen) atoms. The van der Waals surface area contributed by atoms with Gasteiger partial charge < -0.3 is 19.5 Å². The summed E-state index contributed by atoms with van der Waals surface area (Å²) < 4.78 is 12.0. The fraction of sp³-hybridized carbons (Fsp3) is 0.562. The number of aryl methyl sites for hydroxylation is 1. The number of phenols is 1. The Morgan fingerprint density at radius 1 is 1.23 bits per heavy atom. The summed E-state index contributed by atoms with van der Waals surface area (Å²) >= 11 is 0. The second kappa shape index (κ2) is 5.59. The number of carboxylic acids is 1. The van der Waals surface area contributed by atoms with E-state index in [4.69, 9.17) is 9.31 Å². The van der Waals surface area contributed by atoms with Crippen molar-refractivity contribution in [2.45, 2.75) is 58.1 Å². The fourth-order valence-corrected chi connectivity index (χ4v) is 2.52. The minimum absolute atomic E-state index is 0.0962. The van der Waals surface area contributed by atoms with E-state index in [-0.39, 0.29) is 12.2 Å². The third-order valence-electron chi connectivity index (χ3n) is 4.64. The smallest absolute Gasteiger partial charge is 0.466 e. The topological polar surface area (TPSA) is 76.0 Å². The molecule has 2 rings (SSSR count). The second-order valence-corrected chi connectivity index (χ2v) is 6.87. The van der Waals surface area contributed by atoms with E-state index in [1.807, 2.05) is 27.7 Å². The van der Waals surface area contributed by atoms with Crippen LogP contribution in [0.4, 0.5) is 0 Å². The van der Waals surface area contributed by atoms with Crippen molar-refractivity contribution in [1.82, 2.24) is 0 Å². The summed E-state index contributed by atoms with van der Waals surface area (Å²) in [5.74, 6) is -1.16.